The fourth-order valence-corrected chi connectivity index (χ4v) is 2.71. The third-order valence-corrected chi connectivity index (χ3v) is 3.73. The number of aryl methyl sites for hydroxylation is 2. The molecule has 2 N–H and O–H groups in total. The molecule has 96 valence electrons. The molecule has 1 aliphatic rings. The average molecular weight is 236 g/mol. The summed E-state index contributed by atoms with van der Waals surface area (Å²) in [5.41, 5.74) is 6.42. The van der Waals surface area contributed by atoms with Gasteiger partial charge in [0.1, 0.15) is 5.82 Å². The first-order chi connectivity index (χ1) is 8.13. The molecule has 1 fully saturated rings. The van der Waals surface area contributed by atoms with Crippen LogP contribution in [0.25, 0.3) is 0 Å². The molecule has 0 saturated heterocycles. The van der Waals surface area contributed by atoms with Gasteiger partial charge in [0.05, 0.1) is 0 Å². The van der Waals surface area contributed by atoms with Crippen molar-refractivity contribution >= 4 is 0 Å². The van der Waals surface area contributed by atoms with Gasteiger partial charge in [-0.25, -0.2) is 4.98 Å². The first-order valence-electron chi connectivity index (χ1n) is 6.81. The van der Waals surface area contributed by atoms with Crippen molar-refractivity contribution in [1.29, 1.82) is 0 Å². The van der Waals surface area contributed by atoms with E-state index in [1.54, 1.807) is 0 Å². The number of hydrogen-bond donors (Lipinski definition) is 1. The minimum absolute atomic E-state index is 0.0392. The van der Waals surface area contributed by atoms with Gasteiger partial charge in [0.15, 0.2) is 5.82 Å². The van der Waals surface area contributed by atoms with E-state index >= 15 is 0 Å². The Balaban J connectivity index is 2.06. The molecule has 0 amide bonds. The monoisotopic (exact) mass is 236 g/mol. The smallest absolute Gasteiger partial charge is 0.150 e. The zero-order valence-electron chi connectivity index (χ0n) is 11.1. The summed E-state index contributed by atoms with van der Waals surface area (Å²) in [6, 6.07) is 0. The van der Waals surface area contributed by atoms with Crippen LogP contribution in [-0.2, 0) is 19.9 Å². The van der Waals surface area contributed by atoms with Crippen LogP contribution in [0.15, 0.2) is 0 Å². The summed E-state index contributed by atoms with van der Waals surface area (Å²) < 4.78 is 1.91. The van der Waals surface area contributed by atoms with E-state index in [9.17, 15) is 0 Å². The summed E-state index contributed by atoms with van der Waals surface area (Å²) in [7, 11) is 1.98. The van der Waals surface area contributed by atoms with Crippen LogP contribution in [0.1, 0.15) is 57.1 Å². The van der Waals surface area contributed by atoms with E-state index in [1.165, 1.54) is 19.3 Å². The lowest BCUT2D eigenvalue weighted by Crippen LogP contribution is -2.44. The largest absolute Gasteiger partial charge is 0.325 e. The van der Waals surface area contributed by atoms with E-state index in [4.69, 9.17) is 5.73 Å². The van der Waals surface area contributed by atoms with Crippen molar-refractivity contribution in [2.45, 2.75) is 63.8 Å². The summed E-state index contributed by atoms with van der Waals surface area (Å²) in [6.45, 7) is 2.15. The van der Waals surface area contributed by atoms with Gasteiger partial charge in [-0.15, -0.1) is 0 Å². The van der Waals surface area contributed by atoms with E-state index in [2.05, 4.69) is 17.0 Å². The molecule has 1 aromatic heterocycles. The maximum absolute atomic E-state index is 6.46. The third-order valence-electron chi connectivity index (χ3n) is 3.73. The zero-order chi connectivity index (χ0) is 12.3. The number of aromatic nitrogens is 3. The lowest BCUT2D eigenvalue weighted by atomic mass is 9.80. The van der Waals surface area contributed by atoms with Crippen molar-refractivity contribution in [2.24, 2.45) is 12.8 Å². The molecule has 1 heterocycles. The Morgan fingerprint density at radius 2 is 2.00 bits per heavy atom. The molecule has 1 aliphatic carbocycles. The van der Waals surface area contributed by atoms with Gasteiger partial charge in [0, 0.05) is 25.4 Å². The Bertz CT molecular complexity index is 363. The highest BCUT2D eigenvalue weighted by atomic mass is 15.3. The fourth-order valence-electron chi connectivity index (χ4n) is 2.71. The Kier molecular flexibility index (Phi) is 3.82. The van der Waals surface area contributed by atoms with E-state index < -0.39 is 0 Å². The molecule has 4 nitrogen and oxygen atoms in total. The molecule has 0 bridgehead atoms. The van der Waals surface area contributed by atoms with Crippen LogP contribution in [-0.4, -0.2) is 20.3 Å². The number of rotatable bonds is 4. The zero-order valence-corrected chi connectivity index (χ0v) is 11.1. The number of hydrogen-bond acceptors (Lipinski definition) is 3. The normalized spacial score (nSPS) is 19.5. The summed E-state index contributed by atoms with van der Waals surface area (Å²) in [5.74, 6) is 2.02. The van der Waals surface area contributed by atoms with Gasteiger partial charge in [-0.05, 0) is 19.3 Å². The Hall–Kier alpha value is -0.900. The van der Waals surface area contributed by atoms with Crippen molar-refractivity contribution in [3.05, 3.63) is 11.6 Å². The average Bonchev–Trinajstić information content (AvgIpc) is 2.60. The van der Waals surface area contributed by atoms with Crippen molar-refractivity contribution in [3.8, 4) is 0 Å². The van der Waals surface area contributed by atoms with Crippen molar-refractivity contribution in [2.75, 3.05) is 0 Å². The first kappa shape index (κ1) is 12.6. The van der Waals surface area contributed by atoms with Crippen LogP contribution in [0.2, 0.25) is 0 Å². The molecule has 2 rings (SSSR count). The molecule has 0 aliphatic heterocycles. The second-order valence-corrected chi connectivity index (χ2v) is 5.42. The van der Waals surface area contributed by atoms with E-state index in [0.717, 1.165) is 43.8 Å². The lowest BCUT2D eigenvalue weighted by Gasteiger charge is -2.32. The van der Waals surface area contributed by atoms with Crippen LogP contribution < -0.4 is 5.73 Å². The minimum Gasteiger partial charge on any atom is -0.325 e. The third kappa shape index (κ3) is 3.06. The van der Waals surface area contributed by atoms with E-state index in [1.807, 2.05) is 11.7 Å². The number of nitrogens with zero attached hydrogens (tertiary/aromatic N) is 3. The van der Waals surface area contributed by atoms with Gasteiger partial charge in [0.2, 0.25) is 0 Å². The van der Waals surface area contributed by atoms with Crippen molar-refractivity contribution in [1.82, 2.24) is 14.8 Å². The van der Waals surface area contributed by atoms with Gasteiger partial charge >= 0.3 is 0 Å². The molecule has 0 spiro atoms. The topological polar surface area (TPSA) is 56.7 Å². The SMILES string of the molecule is CCCc1nc(CC2(N)CCCCC2)n(C)n1. The number of nitrogens with two attached hydrogens (primary N) is 1. The molecule has 0 atom stereocenters. The minimum atomic E-state index is -0.0392. The van der Waals surface area contributed by atoms with Crippen LogP contribution in [0.4, 0.5) is 0 Å². The Morgan fingerprint density at radius 1 is 1.29 bits per heavy atom. The van der Waals surface area contributed by atoms with E-state index in [0.29, 0.717) is 0 Å². The maximum Gasteiger partial charge on any atom is 0.150 e. The van der Waals surface area contributed by atoms with Crippen LogP contribution >= 0.6 is 0 Å². The highest BCUT2D eigenvalue weighted by molar-refractivity contribution is 5.01. The fraction of sp³-hybridized carbons (Fsp3) is 0.846. The predicted molar refractivity (Wildman–Crippen MR) is 68.7 cm³/mol. The second-order valence-electron chi connectivity index (χ2n) is 5.42. The molecule has 1 aromatic rings. The lowest BCUT2D eigenvalue weighted by molar-refractivity contribution is 0.287. The summed E-state index contributed by atoms with van der Waals surface area (Å²) in [4.78, 5) is 4.61. The maximum atomic E-state index is 6.46. The first-order valence-corrected chi connectivity index (χ1v) is 6.81. The van der Waals surface area contributed by atoms with Crippen molar-refractivity contribution < 1.29 is 0 Å². The highest BCUT2D eigenvalue weighted by Gasteiger charge is 2.29. The predicted octanol–water partition coefficient (Wildman–Crippen LogP) is 1.97. The van der Waals surface area contributed by atoms with Gasteiger partial charge in [-0.2, -0.15) is 5.10 Å². The van der Waals surface area contributed by atoms with Crippen LogP contribution in [0.3, 0.4) is 0 Å². The molecule has 0 radical (unpaired) electrons. The highest BCUT2D eigenvalue weighted by Crippen LogP contribution is 2.28. The van der Waals surface area contributed by atoms with E-state index in [-0.39, 0.29) is 5.54 Å². The molecule has 17 heavy (non-hydrogen) atoms. The quantitative estimate of drug-likeness (QED) is 0.869. The summed E-state index contributed by atoms with van der Waals surface area (Å²) in [6.07, 6.45) is 9.04. The van der Waals surface area contributed by atoms with Gasteiger partial charge in [-0.3, -0.25) is 4.68 Å². The molecule has 1 saturated carbocycles. The second kappa shape index (κ2) is 5.17. The van der Waals surface area contributed by atoms with Crippen LogP contribution in [0.5, 0.6) is 0 Å². The molecule has 0 aromatic carbocycles. The summed E-state index contributed by atoms with van der Waals surface area (Å²) >= 11 is 0. The molecule has 0 unspecified atom stereocenters. The van der Waals surface area contributed by atoms with Gasteiger partial charge in [-0.1, -0.05) is 26.2 Å². The Morgan fingerprint density at radius 3 is 2.65 bits per heavy atom. The standard InChI is InChI=1S/C13H24N4/c1-3-7-11-15-12(17(2)16-11)10-13(14)8-5-4-6-9-13/h3-10,14H2,1-2H3. The molecular formula is C13H24N4. The molecule has 4 heteroatoms. The van der Waals surface area contributed by atoms with Crippen molar-refractivity contribution in [3.63, 3.8) is 0 Å². The van der Waals surface area contributed by atoms with Gasteiger partial charge in [0.25, 0.3) is 0 Å². The van der Waals surface area contributed by atoms with Crippen LogP contribution in [0, 0.1) is 0 Å². The van der Waals surface area contributed by atoms with Gasteiger partial charge < -0.3 is 5.73 Å². The molecular weight excluding hydrogens is 212 g/mol. The summed E-state index contributed by atoms with van der Waals surface area (Å²) in [5, 5.41) is 4.45. The Labute approximate surface area is 104 Å².